The average molecular weight is 355 g/mol. The first-order chi connectivity index (χ1) is 12.2. The molecule has 1 heterocycles. The normalized spacial score (nSPS) is 11.9. The number of rotatable bonds is 7. The van der Waals surface area contributed by atoms with Crippen LogP contribution in [0.25, 0.3) is 0 Å². The Kier molecular flexibility index (Phi) is 5.82. The average Bonchev–Trinajstić information content (AvgIpc) is 2.62. The molecule has 128 valence electrons. The zero-order valence-corrected chi connectivity index (χ0v) is 14.4. The Bertz CT molecular complexity index is 779. The summed E-state index contributed by atoms with van der Waals surface area (Å²) in [6.07, 6.45) is 0. The van der Waals surface area contributed by atoms with Crippen molar-refractivity contribution < 1.29 is 4.74 Å². The molecule has 0 saturated carbocycles. The number of anilines is 2. The van der Waals surface area contributed by atoms with Crippen molar-refractivity contribution in [3.63, 3.8) is 0 Å². The summed E-state index contributed by atoms with van der Waals surface area (Å²) in [4.78, 5) is 8.06. The Balaban J connectivity index is 1.71. The summed E-state index contributed by atoms with van der Waals surface area (Å²) in [6, 6.07) is 21.6. The number of hydrogen-bond acceptors (Lipinski definition) is 5. The van der Waals surface area contributed by atoms with Crippen molar-refractivity contribution in [3.05, 3.63) is 83.0 Å². The SMILES string of the molecule is Nc1nc(Cl)cc(N[C@@H](COCc2ccccc2)c2ccccc2)n1. The quantitative estimate of drug-likeness (QED) is 0.625. The first kappa shape index (κ1) is 17.2. The summed E-state index contributed by atoms with van der Waals surface area (Å²) in [5, 5.41) is 3.62. The molecule has 0 saturated heterocycles. The van der Waals surface area contributed by atoms with Crippen LogP contribution in [0.5, 0.6) is 0 Å². The van der Waals surface area contributed by atoms with Gasteiger partial charge in [0.1, 0.15) is 11.0 Å². The van der Waals surface area contributed by atoms with Gasteiger partial charge in [0.15, 0.2) is 0 Å². The third-order valence-electron chi connectivity index (χ3n) is 3.63. The molecule has 3 N–H and O–H groups in total. The highest BCUT2D eigenvalue weighted by Crippen LogP contribution is 2.21. The van der Waals surface area contributed by atoms with Crippen LogP contribution < -0.4 is 11.1 Å². The van der Waals surface area contributed by atoms with Crippen molar-refractivity contribution in [2.75, 3.05) is 17.7 Å². The van der Waals surface area contributed by atoms with E-state index in [1.54, 1.807) is 6.07 Å². The van der Waals surface area contributed by atoms with Crippen LogP contribution in [-0.4, -0.2) is 16.6 Å². The van der Waals surface area contributed by atoms with E-state index in [0.717, 1.165) is 11.1 Å². The van der Waals surface area contributed by atoms with Gasteiger partial charge in [-0.3, -0.25) is 0 Å². The van der Waals surface area contributed by atoms with E-state index in [-0.39, 0.29) is 12.0 Å². The highest BCUT2D eigenvalue weighted by atomic mass is 35.5. The lowest BCUT2D eigenvalue weighted by Gasteiger charge is -2.20. The number of nitrogens with one attached hydrogen (secondary N) is 1. The number of benzene rings is 2. The van der Waals surface area contributed by atoms with Crippen molar-refractivity contribution >= 4 is 23.4 Å². The van der Waals surface area contributed by atoms with Crippen molar-refractivity contribution in [2.45, 2.75) is 12.6 Å². The molecule has 2 aromatic carbocycles. The molecule has 0 unspecified atom stereocenters. The predicted molar refractivity (Wildman–Crippen MR) is 100 cm³/mol. The van der Waals surface area contributed by atoms with E-state index in [9.17, 15) is 0 Å². The highest BCUT2D eigenvalue weighted by molar-refractivity contribution is 6.29. The maximum absolute atomic E-state index is 5.96. The predicted octanol–water partition coefficient (Wildman–Crippen LogP) is 4.08. The zero-order chi connectivity index (χ0) is 17.5. The van der Waals surface area contributed by atoms with Gasteiger partial charge in [-0.15, -0.1) is 0 Å². The second kappa shape index (κ2) is 8.46. The number of nitrogens with two attached hydrogens (primary N) is 1. The first-order valence-electron chi connectivity index (χ1n) is 7.94. The molecule has 1 aromatic heterocycles. The summed E-state index contributed by atoms with van der Waals surface area (Å²) in [5.74, 6) is 0.696. The number of hydrogen-bond donors (Lipinski definition) is 2. The second-order valence-corrected chi connectivity index (χ2v) is 5.93. The van der Waals surface area contributed by atoms with Gasteiger partial charge >= 0.3 is 0 Å². The minimum Gasteiger partial charge on any atom is -0.374 e. The molecule has 0 aliphatic heterocycles. The van der Waals surface area contributed by atoms with Crippen LogP contribution >= 0.6 is 11.6 Å². The molecular weight excluding hydrogens is 336 g/mol. The summed E-state index contributed by atoms with van der Waals surface area (Å²) in [5.41, 5.74) is 7.89. The van der Waals surface area contributed by atoms with Crippen LogP contribution in [0.15, 0.2) is 66.7 Å². The first-order valence-corrected chi connectivity index (χ1v) is 8.32. The zero-order valence-electron chi connectivity index (χ0n) is 13.6. The van der Waals surface area contributed by atoms with Gasteiger partial charge in [0.25, 0.3) is 0 Å². The van der Waals surface area contributed by atoms with E-state index >= 15 is 0 Å². The number of halogens is 1. The largest absolute Gasteiger partial charge is 0.374 e. The van der Waals surface area contributed by atoms with Crippen LogP contribution in [-0.2, 0) is 11.3 Å². The lowest BCUT2D eigenvalue weighted by atomic mass is 10.1. The van der Waals surface area contributed by atoms with Gasteiger partial charge in [0, 0.05) is 6.07 Å². The number of nitrogens with zero attached hydrogens (tertiary/aromatic N) is 2. The molecular formula is C19H19ClN4O. The van der Waals surface area contributed by atoms with Gasteiger partial charge in [0.2, 0.25) is 5.95 Å². The Hall–Kier alpha value is -2.63. The standard InChI is InChI=1S/C19H19ClN4O/c20-17-11-18(24-19(21)23-17)22-16(15-9-5-2-6-10-15)13-25-12-14-7-3-1-4-8-14/h1-11,16H,12-13H2,(H3,21,22,23,24)/t16-/m0/s1. The molecule has 5 nitrogen and oxygen atoms in total. The summed E-state index contributed by atoms with van der Waals surface area (Å²) < 4.78 is 5.90. The van der Waals surface area contributed by atoms with E-state index < -0.39 is 0 Å². The lowest BCUT2D eigenvalue weighted by Crippen LogP contribution is -2.18. The fourth-order valence-corrected chi connectivity index (χ4v) is 2.65. The Labute approximate surface area is 151 Å². The molecule has 0 radical (unpaired) electrons. The Morgan fingerprint density at radius 2 is 1.68 bits per heavy atom. The van der Waals surface area contributed by atoms with Crippen LogP contribution in [0.2, 0.25) is 5.15 Å². The van der Waals surface area contributed by atoms with E-state index in [4.69, 9.17) is 22.1 Å². The monoisotopic (exact) mass is 354 g/mol. The van der Waals surface area contributed by atoms with E-state index in [1.807, 2.05) is 60.7 Å². The lowest BCUT2D eigenvalue weighted by molar-refractivity contribution is 0.112. The summed E-state index contributed by atoms with van der Waals surface area (Å²) in [6.45, 7) is 1.01. The van der Waals surface area contributed by atoms with Gasteiger partial charge in [-0.1, -0.05) is 72.3 Å². The van der Waals surface area contributed by atoms with Crippen molar-refractivity contribution in [1.82, 2.24) is 9.97 Å². The molecule has 25 heavy (non-hydrogen) atoms. The molecule has 6 heteroatoms. The van der Waals surface area contributed by atoms with Crippen molar-refractivity contribution in [3.8, 4) is 0 Å². The third-order valence-corrected chi connectivity index (χ3v) is 3.83. The van der Waals surface area contributed by atoms with E-state index in [0.29, 0.717) is 24.2 Å². The maximum Gasteiger partial charge on any atom is 0.223 e. The van der Waals surface area contributed by atoms with Crippen molar-refractivity contribution in [1.29, 1.82) is 0 Å². The van der Waals surface area contributed by atoms with Crippen molar-refractivity contribution in [2.24, 2.45) is 0 Å². The molecule has 3 aromatic rings. The third kappa shape index (κ3) is 5.17. The van der Waals surface area contributed by atoms with Gasteiger partial charge in [0.05, 0.1) is 19.3 Å². The molecule has 0 bridgehead atoms. The number of ether oxygens (including phenoxy) is 1. The Morgan fingerprint density at radius 1 is 1.00 bits per heavy atom. The molecule has 0 spiro atoms. The molecule has 0 aliphatic carbocycles. The smallest absolute Gasteiger partial charge is 0.223 e. The second-order valence-electron chi connectivity index (χ2n) is 5.54. The fourth-order valence-electron chi connectivity index (χ4n) is 2.46. The van der Waals surface area contributed by atoms with Crippen LogP contribution in [0, 0.1) is 0 Å². The Morgan fingerprint density at radius 3 is 2.36 bits per heavy atom. The molecule has 0 fully saturated rings. The van der Waals surface area contributed by atoms with Crippen LogP contribution in [0.4, 0.5) is 11.8 Å². The van der Waals surface area contributed by atoms with Gasteiger partial charge in [-0.05, 0) is 11.1 Å². The number of aromatic nitrogens is 2. The maximum atomic E-state index is 5.96. The number of nitrogen functional groups attached to an aromatic ring is 1. The van der Waals surface area contributed by atoms with E-state index in [2.05, 4.69) is 15.3 Å². The van der Waals surface area contributed by atoms with Crippen LogP contribution in [0.1, 0.15) is 17.2 Å². The molecule has 0 amide bonds. The fraction of sp³-hybridized carbons (Fsp3) is 0.158. The molecule has 1 atom stereocenters. The molecule has 3 rings (SSSR count). The van der Waals surface area contributed by atoms with Gasteiger partial charge in [-0.2, -0.15) is 4.98 Å². The molecule has 0 aliphatic rings. The van der Waals surface area contributed by atoms with Gasteiger partial charge in [-0.25, -0.2) is 4.98 Å². The summed E-state index contributed by atoms with van der Waals surface area (Å²) >= 11 is 5.96. The highest BCUT2D eigenvalue weighted by Gasteiger charge is 2.13. The summed E-state index contributed by atoms with van der Waals surface area (Å²) in [7, 11) is 0. The van der Waals surface area contributed by atoms with Crippen LogP contribution in [0.3, 0.4) is 0 Å². The minimum atomic E-state index is -0.0877. The van der Waals surface area contributed by atoms with E-state index in [1.165, 1.54) is 0 Å². The van der Waals surface area contributed by atoms with Gasteiger partial charge < -0.3 is 15.8 Å². The minimum absolute atomic E-state index is 0.0877. The topological polar surface area (TPSA) is 73.1 Å².